The summed E-state index contributed by atoms with van der Waals surface area (Å²) >= 11 is 0. The van der Waals surface area contributed by atoms with E-state index in [4.69, 9.17) is 4.74 Å². The lowest BCUT2D eigenvalue weighted by atomic mass is 10.1. The van der Waals surface area contributed by atoms with Gasteiger partial charge in [0.2, 0.25) is 0 Å². The molecule has 0 unspecified atom stereocenters. The molecular formula is C17H13F3O4. The maximum atomic E-state index is 12.0. The second-order valence-electron chi connectivity index (χ2n) is 4.83. The van der Waals surface area contributed by atoms with Crippen LogP contribution in [0.25, 0.3) is 0 Å². The van der Waals surface area contributed by atoms with E-state index in [-0.39, 0.29) is 12.2 Å². The summed E-state index contributed by atoms with van der Waals surface area (Å²) in [5, 5.41) is 0. The molecule has 2 aromatic rings. The van der Waals surface area contributed by atoms with Crippen molar-refractivity contribution in [1.82, 2.24) is 0 Å². The van der Waals surface area contributed by atoms with Gasteiger partial charge in [-0.25, -0.2) is 4.79 Å². The van der Waals surface area contributed by atoms with Crippen molar-refractivity contribution >= 4 is 12.3 Å². The lowest BCUT2D eigenvalue weighted by Gasteiger charge is -2.10. The van der Waals surface area contributed by atoms with Crippen molar-refractivity contribution in [2.45, 2.75) is 12.8 Å². The highest BCUT2D eigenvalue weighted by atomic mass is 19.4. The van der Waals surface area contributed by atoms with Crippen molar-refractivity contribution in [2.24, 2.45) is 0 Å². The molecule has 0 saturated heterocycles. The van der Waals surface area contributed by atoms with Crippen LogP contribution in [-0.4, -0.2) is 25.0 Å². The molecule has 0 aliphatic rings. The standard InChI is InChI=1S/C17H13F3O4/c18-17(19,20)11-24-16(22)13-7-5-12(6-8-13)10-23-15-4-2-1-3-14(15)9-21/h1-9H,10-11H2. The zero-order valence-electron chi connectivity index (χ0n) is 12.4. The largest absolute Gasteiger partial charge is 0.488 e. The Bertz CT molecular complexity index is 709. The smallest absolute Gasteiger partial charge is 0.422 e. The molecule has 0 radical (unpaired) electrons. The van der Waals surface area contributed by atoms with E-state index in [1.165, 1.54) is 24.3 Å². The molecule has 0 aromatic heterocycles. The van der Waals surface area contributed by atoms with Crippen LogP contribution in [0, 0.1) is 0 Å². The monoisotopic (exact) mass is 338 g/mol. The van der Waals surface area contributed by atoms with Gasteiger partial charge in [0.05, 0.1) is 11.1 Å². The van der Waals surface area contributed by atoms with E-state index in [0.29, 0.717) is 23.2 Å². The molecular weight excluding hydrogens is 325 g/mol. The first kappa shape index (κ1) is 17.5. The molecule has 126 valence electrons. The van der Waals surface area contributed by atoms with Gasteiger partial charge < -0.3 is 9.47 Å². The molecule has 4 nitrogen and oxygen atoms in total. The van der Waals surface area contributed by atoms with Crippen molar-refractivity contribution in [3.05, 3.63) is 65.2 Å². The SMILES string of the molecule is O=Cc1ccccc1OCc1ccc(C(=O)OCC(F)(F)F)cc1. The quantitative estimate of drug-likeness (QED) is 0.594. The summed E-state index contributed by atoms with van der Waals surface area (Å²) in [4.78, 5) is 22.4. The molecule has 2 rings (SSSR count). The molecule has 0 aliphatic heterocycles. The fourth-order valence-electron chi connectivity index (χ4n) is 1.84. The van der Waals surface area contributed by atoms with Gasteiger partial charge in [0.25, 0.3) is 0 Å². The van der Waals surface area contributed by atoms with E-state index >= 15 is 0 Å². The Morgan fingerprint density at radius 1 is 1.04 bits per heavy atom. The van der Waals surface area contributed by atoms with Crippen LogP contribution < -0.4 is 4.74 Å². The molecule has 0 N–H and O–H groups in total. The number of esters is 1. The topological polar surface area (TPSA) is 52.6 Å². The van der Waals surface area contributed by atoms with Gasteiger partial charge in [-0.1, -0.05) is 24.3 Å². The Labute approximate surface area is 135 Å². The summed E-state index contributed by atoms with van der Waals surface area (Å²) in [5.74, 6) is -0.632. The molecule has 0 amide bonds. The fourth-order valence-corrected chi connectivity index (χ4v) is 1.84. The highest BCUT2D eigenvalue weighted by molar-refractivity contribution is 5.89. The van der Waals surface area contributed by atoms with Gasteiger partial charge >= 0.3 is 12.1 Å². The van der Waals surface area contributed by atoms with Gasteiger partial charge in [0.15, 0.2) is 12.9 Å². The second-order valence-corrected chi connectivity index (χ2v) is 4.83. The van der Waals surface area contributed by atoms with Gasteiger partial charge in [0.1, 0.15) is 12.4 Å². The van der Waals surface area contributed by atoms with Gasteiger partial charge in [-0.2, -0.15) is 13.2 Å². The molecule has 0 heterocycles. The number of carbonyl (C=O) groups excluding carboxylic acids is 2. The Kier molecular flexibility index (Phi) is 5.57. The third kappa shape index (κ3) is 5.12. The third-order valence-corrected chi connectivity index (χ3v) is 3.00. The molecule has 0 aliphatic carbocycles. The van der Waals surface area contributed by atoms with E-state index in [0.717, 1.165) is 0 Å². The summed E-state index contributed by atoms with van der Waals surface area (Å²) in [5.41, 5.74) is 1.10. The first-order valence-electron chi connectivity index (χ1n) is 6.89. The number of alkyl halides is 3. The molecule has 2 aromatic carbocycles. The van der Waals surface area contributed by atoms with Crippen LogP contribution in [0.3, 0.4) is 0 Å². The highest BCUT2D eigenvalue weighted by Gasteiger charge is 2.29. The summed E-state index contributed by atoms with van der Waals surface area (Å²) in [6.07, 6.45) is -3.88. The Morgan fingerprint density at radius 3 is 2.33 bits per heavy atom. The van der Waals surface area contributed by atoms with E-state index in [1.807, 2.05) is 0 Å². The summed E-state index contributed by atoms with van der Waals surface area (Å²) in [7, 11) is 0. The van der Waals surface area contributed by atoms with Gasteiger partial charge in [-0.15, -0.1) is 0 Å². The molecule has 0 fully saturated rings. The van der Waals surface area contributed by atoms with E-state index in [1.54, 1.807) is 24.3 Å². The summed E-state index contributed by atoms with van der Waals surface area (Å²) in [6, 6.07) is 12.5. The van der Waals surface area contributed by atoms with Crippen LogP contribution in [0.2, 0.25) is 0 Å². The lowest BCUT2D eigenvalue weighted by molar-refractivity contribution is -0.161. The lowest BCUT2D eigenvalue weighted by Crippen LogP contribution is -2.20. The molecule has 24 heavy (non-hydrogen) atoms. The maximum absolute atomic E-state index is 12.0. The third-order valence-electron chi connectivity index (χ3n) is 3.00. The number of rotatable bonds is 6. The van der Waals surface area contributed by atoms with Crippen LogP contribution in [-0.2, 0) is 11.3 Å². The first-order valence-corrected chi connectivity index (χ1v) is 6.89. The average molecular weight is 338 g/mol. The van der Waals surface area contributed by atoms with E-state index < -0.39 is 18.8 Å². The minimum atomic E-state index is -4.56. The maximum Gasteiger partial charge on any atom is 0.422 e. The number of ether oxygens (including phenoxy) is 2. The number of benzene rings is 2. The van der Waals surface area contributed by atoms with Crippen molar-refractivity contribution < 1.29 is 32.2 Å². The number of para-hydroxylation sites is 1. The number of carbonyl (C=O) groups is 2. The molecule has 0 atom stereocenters. The molecule has 7 heteroatoms. The zero-order valence-corrected chi connectivity index (χ0v) is 12.4. The Morgan fingerprint density at radius 2 is 1.71 bits per heavy atom. The van der Waals surface area contributed by atoms with Crippen LogP contribution in [0.5, 0.6) is 5.75 Å². The van der Waals surface area contributed by atoms with E-state index in [9.17, 15) is 22.8 Å². The van der Waals surface area contributed by atoms with Crippen LogP contribution in [0.4, 0.5) is 13.2 Å². The van der Waals surface area contributed by atoms with Crippen molar-refractivity contribution in [3.63, 3.8) is 0 Å². The second kappa shape index (κ2) is 7.63. The van der Waals surface area contributed by atoms with Crippen molar-refractivity contribution in [1.29, 1.82) is 0 Å². The van der Waals surface area contributed by atoms with Crippen molar-refractivity contribution in [2.75, 3.05) is 6.61 Å². The normalized spacial score (nSPS) is 11.0. The van der Waals surface area contributed by atoms with Crippen LogP contribution >= 0.6 is 0 Å². The van der Waals surface area contributed by atoms with Crippen LogP contribution in [0.1, 0.15) is 26.3 Å². The van der Waals surface area contributed by atoms with Gasteiger partial charge in [-0.05, 0) is 29.8 Å². The zero-order chi connectivity index (χ0) is 17.6. The van der Waals surface area contributed by atoms with E-state index in [2.05, 4.69) is 4.74 Å². The fraction of sp³-hybridized carbons (Fsp3) is 0.176. The minimum absolute atomic E-state index is 0.0105. The van der Waals surface area contributed by atoms with Crippen molar-refractivity contribution in [3.8, 4) is 5.75 Å². The Hall–Kier alpha value is -2.83. The predicted octanol–water partition coefficient (Wildman–Crippen LogP) is 3.80. The van der Waals surface area contributed by atoms with Gasteiger partial charge in [-0.3, -0.25) is 4.79 Å². The summed E-state index contributed by atoms with van der Waals surface area (Å²) < 4.78 is 45.7. The van der Waals surface area contributed by atoms with Gasteiger partial charge in [0, 0.05) is 0 Å². The number of aldehydes is 1. The number of hydrogen-bond donors (Lipinski definition) is 0. The number of hydrogen-bond acceptors (Lipinski definition) is 4. The predicted molar refractivity (Wildman–Crippen MR) is 78.9 cm³/mol. The van der Waals surface area contributed by atoms with Crippen LogP contribution in [0.15, 0.2) is 48.5 Å². The molecule has 0 saturated carbocycles. The number of halogens is 3. The summed E-state index contributed by atoms with van der Waals surface area (Å²) in [6.45, 7) is -1.48. The highest BCUT2D eigenvalue weighted by Crippen LogP contribution is 2.18. The minimum Gasteiger partial charge on any atom is -0.488 e. The average Bonchev–Trinajstić information content (AvgIpc) is 2.58. The first-order chi connectivity index (χ1) is 11.4. The Balaban J connectivity index is 1.94. The molecule has 0 bridgehead atoms. The molecule has 0 spiro atoms.